The van der Waals surface area contributed by atoms with E-state index in [9.17, 15) is 32.4 Å². The minimum atomic E-state index is -3.91. The van der Waals surface area contributed by atoms with E-state index in [1.165, 1.54) is 9.80 Å². The van der Waals surface area contributed by atoms with Crippen molar-refractivity contribution < 1.29 is 51.3 Å². The molecule has 17 heteroatoms. The van der Waals surface area contributed by atoms with Gasteiger partial charge in [-0.3, -0.25) is 24.0 Å². The zero-order chi connectivity index (χ0) is 39.1. The van der Waals surface area contributed by atoms with Gasteiger partial charge in [0.25, 0.3) is 5.91 Å². The maximum atomic E-state index is 14.4. The highest BCUT2D eigenvalue weighted by atomic mass is 32.2. The molecule has 2 saturated carbocycles. The first-order valence-corrected chi connectivity index (χ1v) is 20.9. The molecule has 0 spiro atoms. The van der Waals surface area contributed by atoms with Crippen molar-refractivity contribution >= 4 is 39.9 Å². The van der Waals surface area contributed by atoms with Crippen LogP contribution in [0, 0.1) is 5.92 Å². The molecular formula is C38H51N5O11S. The fraction of sp³-hybridized carbons (Fsp3) is 0.658. The van der Waals surface area contributed by atoms with E-state index >= 15 is 0 Å². The summed E-state index contributed by atoms with van der Waals surface area (Å²) >= 11 is 0. The summed E-state index contributed by atoms with van der Waals surface area (Å²) in [6, 6.07) is 1.49. The number of rotatable bonds is 5. The van der Waals surface area contributed by atoms with Gasteiger partial charge in [-0.1, -0.05) is 25.0 Å². The lowest BCUT2D eigenvalue weighted by Gasteiger charge is -2.30. The van der Waals surface area contributed by atoms with Crippen LogP contribution < -0.4 is 24.8 Å². The Morgan fingerprint density at radius 2 is 1.65 bits per heavy atom. The van der Waals surface area contributed by atoms with Gasteiger partial charge in [0, 0.05) is 31.8 Å². The molecule has 1 aromatic rings. The van der Waals surface area contributed by atoms with Crippen molar-refractivity contribution in [2.45, 2.75) is 133 Å². The van der Waals surface area contributed by atoms with Crippen LogP contribution in [0.5, 0.6) is 11.5 Å². The molecule has 5 atom stereocenters. The van der Waals surface area contributed by atoms with Gasteiger partial charge in [-0.25, -0.2) is 18.0 Å². The second kappa shape index (κ2) is 15.2. The highest BCUT2D eigenvalue weighted by Crippen LogP contribution is 2.46. The van der Waals surface area contributed by atoms with Crippen LogP contribution in [0.1, 0.15) is 96.1 Å². The molecule has 2 aliphatic carbocycles. The summed E-state index contributed by atoms with van der Waals surface area (Å²) in [5, 5.41) is 4.88. The first-order chi connectivity index (χ1) is 26.1. The largest absolute Gasteiger partial charge is 0.490 e. The Labute approximate surface area is 321 Å². The number of amides is 5. The van der Waals surface area contributed by atoms with Gasteiger partial charge in [0.2, 0.25) is 21.8 Å². The third-order valence-corrected chi connectivity index (χ3v) is 12.7. The summed E-state index contributed by atoms with van der Waals surface area (Å²) in [6.45, 7) is 6.57. The molecule has 0 bridgehead atoms. The number of hydrogen-bond donors (Lipinski definition) is 3. The van der Waals surface area contributed by atoms with E-state index in [-0.39, 0.29) is 38.9 Å². The third kappa shape index (κ3) is 8.81. The molecule has 1 aromatic carbocycles. The number of alkyl carbamates (subject to hydrolysis) is 1. The fourth-order valence-electron chi connectivity index (χ4n) is 7.70. The monoisotopic (exact) mass is 785 g/mol. The highest BCUT2D eigenvalue weighted by molar-refractivity contribution is 7.91. The Hall–Kier alpha value is -4.54. The van der Waals surface area contributed by atoms with E-state index in [2.05, 4.69) is 15.4 Å². The maximum absolute atomic E-state index is 14.4. The van der Waals surface area contributed by atoms with Crippen molar-refractivity contribution in [2.24, 2.45) is 5.92 Å². The molecule has 300 valence electrons. The topological polar surface area (TPSA) is 199 Å². The number of hydrogen-bond acceptors (Lipinski definition) is 11. The van der Waals surface area contributed by atoms with Gasteiger partial charge >= 0.3 is 12.2 Å². The lowest BCUT2D eigenvalue weighted by Crippen LogP contribution is -2.58. The molecular weight excluding hydrogens is 735 g/mol. The van der Waals surface area contributed by atoms with Gasteiger partial charge in [-0.05, 0) is 82.6 Å². The number of allylic oxidation sites excluding steroid dienone is 1. The maximum Gasteiger partial charge on any atom is 0.410 e. The van der Waals surface area contributed by atoms with Gasteiger partial charge in [-0.2, -0.15) is 0 Å². The van der Waals surface area contributed by atoms with Gasteiger partial charge in [0.05, 0.1) is 25.0 Å². The van der Waals surface area contributed by atoms with E-state index in [0.29, 0.717) is 50.4 Å². The Morgan fingerprint density at radius 1 is 0.964 bits per heavy atom. The number of sulfonamides is 1. The Morgan fingerprint density at radius 3 is 2.31 bits per heavy atom. The molecule has 0 unspecified atom stereocenters. The Bertz CT molecular complexity index is 1820. The molecule has 16 nitrogen and oxygen atoms in total. The second-order valence-electron chi connectivity index (χ2n) is 16.4. The number of carbonyl (C=O) groups is 5. The van der Waals surface area contributed by atoms with Crippen LogP contribution in [0.3, 0.4) is 0 Å². The van der Waals surface area contributed by atoms with Crippen LogP contribution >= 0.6 is 0 Å². The van der Waals surface area contributed by atoms with Gasteiger partial charge in [0.15, 0.2) is 11.5 Å². The average Bonchev–Trinajstić information content (AvgIpc) is 4.01. The molecule has 5 amide bonds. The number of nitrogens with one attached hydrogen (secondary N) is 3. The summed E-state index contributed by atoms with van der Waals surface area (Å²) in [7, 11) is -3.91. The van der Waals surface area contributed by atoms with E-state index in [0.717, 1.165) is 30.4 Å². The predicted octanol–water partition coefficient (Wildman–Crippen LogP) is 3.17. The molecule has 55 heavy (non-hydrogen) atoms. The first-order valence-electron chi connectivity index (χ1n) is 19.3. The number of ether oxygens (including phenoxy) is 4. The van der Waals surface area contributed by atoms with Crippen molar-refractivity contribution in [3.63, 3.8) is 0 Å². The number of carbonyl (C=O) groups excluding carboxylic acids is 5. The van der Waals surface area contributed by atoms with Crippen molar-refractivity contribution in [2.75, 3.05) is 19.8 Å². The van der Waals surface area contributed by atoms with Crippen LogP contribution in [0.15, 0.2) is 24.3 Å². The van der Waals surface area contributed by atoms with Gasteiger partial charge < -0.3 is 34.5 Å². The van der Waals surface area contributed by atoms with E-state index in [1.807, 2.05) is 24.3 Å². The Kier molecular flexibility index (Phi) is 10.7. The zero-order valence-electron chi connectivity index (χ0n) is 31.6. The molecule has 3 N–H and O–H groups in total. The summed E-state index contributed by atoms with van der Waals surface area (Å²) in [5.41, 5.74) is -0.580. The molecule has 1 saturated heterocycles. The van der Waals surface area contributed by atoms with Crippen molar-refractivity contribution in [3.05, 3.63) is 35.4 Å². The van der Waals surface area contributed by atoms with Crippen molar-refractivity contribution in [3.8, 4) is 11.5 Å². The molecule has 0 radical (unpaired) electrons. The second-order valence-corrected chi connectivity index (χ2v) is 18.4. The lowest BCUT2D eigenvalue weighted by molar-refractivity contribution is -0.141. The molecule has 6 aliphatic rings. The fourth-order valence-corrected chi connectivity index (χ4v) is 9.06. The molecule has 4 aliphatic heterocycles. The molecule has 0 aromatic heterocycles. The van der Waals surface area contributed by atoms with Crippen LogP contribution in [0.4, 0.5) is 9.59 Å². The number of nitrogens with zero attached hydrogens (tertiary/aromatic N) is 2. The van der Waals surface area contributed by atoms with Crippen molar-refractivity contribution in [1.29, 1.82) is 0 Å². The Balaban J connectivity index is 1.12. The normalized spacial score (nSPS) is 28.9. The zero-order valence-corrected chi connectivity index (χ0v) is 32.4. The molecule has 3 fully saturated rings. The average molecular weight is 786 g/mol. The molecule has 4 heterocycles. The lowest BCUT2D eigenvalue weighted by atomic mass is 10.0. The van der Waals surface area contributed by atoms with E-state index < -0.39 is 80.4 Å². The standard InChI is InChI=1S/C38H51N5O11S/c1-37(2,3)54-35(47)39-28-11-8-6-4-5-7-10-25-19-38(25,34(46)41-55(49,50)27-12-13-27)40-32(44)29-18-26(22-43(29)33(28)45)53-36(48)42-20-23-16-30-31(17-24(23)21-42)52-15-9-14-51-30/h7,10,16-17,25-29H,4-6,8-9,11-15,18-22H2,1-3H3,(H,39,47)(H,40,44)(H,41,46)/b10-7-/t25-,26-,28+,29+,38-/m1/s1. The van der Waals surface area contributed by atoms with Crippen LogP contribution in [0.25, 0.3) is 0 Å². The SMILES string of the molecule is CC(C)(C)OC(=O)N[C@H]1CCCCC/C=C\[C@@H]2C[C@@]2(C(=O)NS(=O)(=O)C2CC2)NC(=O)[C@@H]2C[C@@H](OC(=O)N3Cc4cc5c(cc4C3)OCCCO5)CN2C1=O. The minimum Gasteiger partial charge on any atom is -0.490 e. The number of benzene rings is 1. The molecule has 7 rings (SSSR count). The van der Waals surface area contributed by atoms with Crippen LogP contribution in [-0.2, 0) is 47.0 Å². The van der Waals surface area contributed by atoms with Crippen LogP contribution in [-0.4, -0.2) is 102 Å². The van der Waals surface area contributed by atoms with Gasteiger partial charge in [-0.15, -0.1) is 0 Å². The van der Waals surface area contributed by atoms with Gasteiger partial charge in [0.1, 0.15) is 29.3 Å². The van der Waals surface area contributed by atoms with Crippen LogP contribution in [0.2, 0.25) is 0 Å². The summed E-state index contributed by atoms with van der Waals surface area (Å²) in [4.78, 5) is 71.8. The predicted molar refractivity (Wildman–Crippen MR) is 196 cm³/mol. The summed E-state index contributed by atoms with van der Waals surface area (Å²) in [6.07, 6.45) is 6.25. The van der Waals surface area contributed by atoms with E-state index in [4.69, 9.17) is 18.9 Å². The highest BCUT2D eigenvalue weighted by Gasteiger charge is 2.62. The smallest absolute Gasteiger partial charge is 0.410 e. The summed E-state index contributed by atoms with van der Waals surface area (Å²) < 4.78 is 50.9. The quantitative estimate of drug-likeness (QED) is 0.371. The van der Waals surface area contributed by atoms with E-state index in [1.54, 1.807) is 20.8 Å². The minimum absolute atomic E-state index is 0.0855. The third-order valence-electron chi connectivity index (χ3n) is 10.9. The summed E-state index contributed by atoms with van der Waals surface area (Å²) in [5.74, 6) is -1.29. The first kappa shape index (κ1) is 38.7. The van der Waals surface area contributed by atoms with Crippen molar-refractivity contribution in [1.82, 2.24) is 25.2 Å². The number of fused-ring (bicyclic) bond motifs is 4.